The van der Waals surface area contributed by atoms with Gasteiger partial charge in [0.2, 0.25) is 0 Å². The first-order valence-electron chi connectivity index (χ1n) is 6.69. The lowest BCUT2D eigenvalue weighted by Gasteiger charge is -2.34. The molecular weight excluding hydrogens is 301 g/mol. The fourth-order valence-corrected chi connectivity index (χ4v) is 2.09. The molecule has 0 spiro atoms. The summed E-state index contributed by atoms with van der Waals surface area (Å²) in [5, 5.41) is 0. The Morgan fingerprint density at radius 1 is 1.00 bits per heavy atom. The zero-order valence-electron chi connectivity index (χ0n) is 11.7. The Labute approximate surface area is 125 Å². The highest BCUT2D eigenvalue weighted by Crippen LogP contribution is 2.19. The van der Waals surface area contributed by atoms with Gasteiger partial charge in [-0.05, 0) is 12.1 Å². The molecule has 1 aromatic rings. The summed E-state index contributed by atoms with van der Waals surface area (Å²) in [6.07, 6.45) is -4.87. The predicted molar refractivity (Wildman–Crippen MR) is 71.2 cm³/mol. The second-order valence-electron chi connectivity index (χ2n) is 4.77. The van der Waals surface area contributed by atoms with E-state index >= 15 is 0 Å². The van der Waals surface area contributed by atoms with Gasteiger partial charge in [0.1, 0.15) is 5.75 Å². The topological polar surface area (TPSA) is 49.9 Å². The van der Waals surface area contributed by atoms with Gasteiger partial charge in [0.25, 0.3) is 5.91 Å². The van der Waals surface area contributed by atoms with Crippen LogP contribution in [0.2, 0.25) is 0 Å². The van der Waals surface area contributed by atoms with Crippen LogP contribution in [-0.2, 0) is 9.59 Å². The van der Waals surface area contributed by atoms with E-state index in [1.54, 1.807) is 24.3 Å². The highest BCUT2D eigenvalue weighted by atomic mass is 19.4. The van der Waals surface area contributed by atoms with E-state index in [9.17, 15) is 22.8 Å². The van der Waals surface area contributed by atoms with Crippen LogP contribution in [0.4, 0.5) is 13.2 Å². The monoisotopic (exact) mass is 316 g/mol. The molecule has 1 fully saturated rings. The Kier molecular flexibility index (Phi) is 4.89. The summed E-state index contributed by atoms with van der Waals surface area (Å²) in [4.78, 5) is 25.1. The summed E-state index contributed by atoms with van der Waals surface area (Å²) < 4.78 is 42.2. The zero-order valence-corrected chi connectivity index (χ0v) is 11.7. The molecule has 2 amide bonds. The van der Waals surface area contributed by atoms with E-state index in [0.29, 0.717) is 10.6 Å². The first-order chi connectivity index (χ1) is 10.4. The molecule has 0 aliphatic carbocycles. The molecule has 0 bridgehead atoms. The van der Waals surface area contributed by atoms with Crippen molar-refractivity contribution in [1.29, 1.82) is 0 Å². The molecule has 1 heterocycles. The quantitative estimate of drug-likeness (QED) is 0.844. The number of halogens is 3. The van der Waals surface area contributed by atoms with Gasteiger partial charge in [-0.1, -0.05) is 18.2 Å². The minimum Gasteiger partial charge on any atom is -0.484 e. The Morgan fingerprint density at radius 2 is 1.55 bits per heavy atom. The van der Waals surface area contributed by atoms with E-state index in [-0.39, 0.29) is 38.7 Å². The fraction of sp³-hybridized carbons (Fsp3) is 0.429. The molecule has 1 saturated heterocycles. The second kappa shape index (κ2) is 6.67. The van der Waals surface area contributed by atoms with Gasteiger partial charge in [0.05, 0.1) is 0 Å². The first-order valence-corrected chi connectivity index (χ1v) is 6.69. The van der Waals surface area contributed by atoms with Crippen LogP contribution in [0.3, 0.4) is 0 Å². The average Bonchev–Trinajstić information content (AvgIpc) is 2.52. The Hall–Kier alpha value is -2.25. The summed E-state index contributed by atoms with van der Waals surface area (Å²) in [7, 11) is 0. The first kappa shape index (κ1) is 16.1. The SMILES string of the molecule is O=C(COc1ccccc1)N1CCN(C(=O)C(F)(F)F)CC1. The molecule has 120 valence electrons. The lowest BCUT2D eigenvalue weighted by molar-refractivity contribution is -0.187. The maximum absolute atomic E-state index is 12.3. The maximum Gasteiger partial charge on any atom is 0.471 e. The molecule has 0 saturated carbocycles. The van der Waals surface area contributed by atoms with Gasteiger partial charge in [-0.25, -0.2) is 0 Å². The number of benzene rings is 1. The summed E-state index contributed by atoms with van der Waals surface area (Å²) >= 11 is 0. The number of nitrogens with zero attached hydrogens (tertiary/aromatic N) is 2. The van der Waals surface area contributed by atoms with Crippen molar-refractivity contribution in [3.63, 3.8) is 0 Å². The molecule has 5 nitrogen and oxygen atoms in total. The molecule has 8 heteroatoms. The van der Waals surface area contributed by atoms with Crippen LogP contribution < -0.4 is 4.74 Å². The fourth-order valence-electron chi connectivity index (χ4n) is 2.09. The van der Waals surface area contributed by atoms with Gasteiger partial charge < -0.3 is 14.5 Å². The lowest BCUT2D eigenvalue weighted by Crippen LogP contribution is -2.54. The van der Waals surface area contributed by atoms with Crippen molar-refractivity contribution in [3.8, 4) is 5.75 Å². The minimum absolute atomic E-state index is 0.0683. The van der Waals surface area contributed by atoms with Crippen LogP contribution in [0.25, 0.3) is 0 Å². The minimum atomic E-state index is -4.87. The number of rotatable bonds is 3. The van der Waals surface area contributed by atoms with Crippen molar-refractivity contribution >= 4 is 11.8 Å². The van der Waals surface area contributed by atoms with Crippen LogP contribution >= 0.6 is 0 Å². The molecule has 1 aliphatic rings. The van der Waals surface area contributed by atoms with Crippen molar-refractivity contribution in [3.05, 3.63) is 30.3 Å². The van der Waals surface area contributed by atoms with E-state index < -0.39 is 12.1 Å². The van der Waals surface area contributed by atoms with Gasteiger partial charge in [-0.15, -0.1) is 0 Å². The number of ether oxygens (including phenoxy) is 1. The summed E-state index contributed by atoms with van der Waals surface area (Å²) in [5.41, 5.74) is 0. The Bertz CT molecular complexity index is 526. The number of carbonyl (C=O) groups excluding carboxylic acids is 2. The molecule has 0 aromatic heterocycles. The van der Waals surface area contributed by atoms with E-state index in [1.807, 2.05) is 6.07 Å². The molecule has 2 rings (SSSR count). The lowest BCUT2D eigenvalue weighted by atomic mass is 10.3. The van der Waals surface area contributed by atoms with Crippen molar-refractivity contribution in [1.82, 2.24) is 9.80 Å². The predicted octanol–water partition coefficient (Wildman–Crippen LogP) is 1.30. The number of para-hydroxylation sites is 1. The number of carbonyl (C=O) groups is 2. The zero-order chi connectivity index (χ0) is 16.2. The van der Waals surface area contributed by atoms with Crippen LogP contribution in [0.5, 0.6) is 5.75 Å². The third-order valence-corrected chi connectivity index (χ3v) is 3.27. The van der Waals surface area contributed by atoms with Gasteiger partial charge in [-0.2, -0.15) is 13.2 Å². The average molecular weight is 316 g/mol. The summed E-state index contributed by atoms with van der Waals surface area (Å²) in [5.74, 6) is -1.63. The van der Waals surface area contributed by atoms with Crippen molar-refractivity contribution in [2.24, 2.45) is 0 Å². The Balaban J connectivity index is 1.79. The van der Waals surface area contributed by atoms with Gasteiger partial charge >= 0.3 is 12.1 Å². The van der Waals surface area contributed by atoms with E-state index in [1.165, 1.54) is 4.90 Å². The third kappa shape index (κ3) is 4.12. The van der Waals surface area contributed by atoms with E-state index in [2.05, 4.69) is 0 Å². The van der Waals surface area contributed by atoms with E-state index in [4.69, 9.17) is 4.74 Å². The highest BCUT2D eigenvalue weighted by Gasteiger charge is 2.43. The summed E-state index contributed by atoms with van der Waals surface area (Å²) in [6.45, 7) is -0.306. The number of hydrogen-bond acceptors (Lipinski definition) is 3. The number of piperazine rings is 1. The largest absolute Gasteiger partial charge is 0.484 e. The third-order valence-electron chi connectivity index (χ3n) is 3.27. The standard InChI is InChI=1S/C14H15F3N2O3/c15-14(16,17)13(21)19-8-6-18(7-9-19)12(20)10-22-11-4-2-1-3-5-11/h1-5H,6-10H2. The maximum atomic E-state index is 12.3. The van der Waals surface area contributed by atoms with Gasteiger partial charge in [0, 0.05) is 26.2 Å². The van der Waals surface area contributed by atoms with Crippen LogP contribution in [-0.4, -0.2) is 60.6 Å². The smallest absolute Gasteiger partial charge is 0.471 e. The van der Waals surface area contributed by atoms with Crippen LogP contribution in [0.15, 0.2) is 30.3 Å². The second-order valence-corrected chi connectivity index (χ2v) is 4.77. The van der Waals surface area contributed by atoms with Crippen molar-refractivity contribution in [2.75, 3.05) is 32.8 Å². The Morgan fingerprint density at radius 3 is 2.09 bits per heavy atom. The number of amides is 2. The normalized spacial score (nSPS) is 15.6. The van der Waals surface area contributed by atoms with Crippen molar-refractivity contribution in [2.45, 2.75) is 6.18 Å². The molecule has 0 atom stereocenters. The van der Waals surface area contributed by atoms with E-state index in [0.717, 1.165) is 0 Å². The van der Waals surface area contributed by atoms with Gasteiger partial charge in [-0.3, -0.25) is 9.59 Å². The molecule has 0 N–H and O–H groups in total. The summed E-state index contributed by atoms with van der Waals surface area (Å²) in [6, 6.07) is 8.74. The van der Waals surface area contributed by atoms with Gasteiger partial charge in [0.15, 0.2) is 6.61 Å². The molecule has 1 aromatic carbocycles. The number of alkyl halides is 3. The molecular formula is C14H15F3N2O3. The highest BCUT2D eigenvalue weighted by molar-refractivity contribution is 5.82. The molecule has 1 aliphatic heterocycles. The molecule has 0 unspecified atom stereocenters. The number of hydrogen-bond donors (Lipinski definition) is 0. The van der Waals surface area contributed by atoms with Crippen LogP contribution in [0.1, 0.15) is 0 Å². The van der Waals surface area contributed by atoms with Crippen LogP contribution in [0, 0.1) is 0 Å². The molecule has 0 radical (unpaired) electrons. The van der Waals surface area contributed by atoms with Crippen molar-refractivity contribution < 1.29 is 27.5 Å². The molecule has 22 heavy (non-hydrogen) atoms.